The number of hydrogen-bond acceptors (Lipinski definition) is 3. The number of ether oxygens (including phenoxy) is 1. The van der Waals surface area contributed by atoms with Gasteiger partial charge in [0.05, 0.1) is 4.47 Å². The van der Waals surface area contributed by atoms with Crippen LogP contribution in [0.4, 0.5) is 0 Å². The number of likely N-dealkylation sites (N-methyl/N-ethyl adjacent to an activating group) is 1. The number of nitrogens with one attached hydrogen (secondary N) is 2. The summed E-state index contributed by atoms with van der Waals surface area (Å²) in [6.07, 6.45) is 0. The first-order chi connectivity index (χ1) is 9.43. The minimum Gasteiger partial charge on any atom is -0.483 e. The van der Waals surface area contributed by atoms with E-state index >= 15 is 0 Å². The van der Waals surface area contributed by atoms with Crippen LogP contribution in [0.25, 0.3) is 0 Å². The molecule has 0 radical (unpaired) electrons. The van der Waals surface area contributed by atoms with E-state index < -0.39 is 6.04 Å². The van der Waals surface area contributed by atoms with Gasteiger partial charge in [-0.25, -0.2) is 0 Å². The van der Waals surface area contributed by atoms with E-state index in [0.29, 0.717) is 21.8 Å². The first-order valence-corrected chi connectivity index (χ1v) is 7.26. The highest BCUT2D eigenvalue weighted by molar-refractivity contribution is 9.10. The van der Waals surface area contributed by atoms with Crippen molar-refractivity contribution in [3.8, 4) is 5.75 Å². The van der Waals surface area contributed by atoms with Crippen LogP contribution in [0.2, 0.25) is 5.02 Å². The van der Waals surface area contributed by atoms with E-state index in [-0.39, 0.29) is 18.4 Å². The first kappa shape index (κ1) is 16.8. The molecule has 1 aromatic carbocycles. The number of benzene rings is 1. The van der Waals surface area contributed by atoms with Gasteiger partial charge in [0.25, 0.3) is 5.91 Å². The van der Waals surface area contributed by atoms with E-state index in [1.165, 1.54) is 0 Å². The molecule has 0 unspecified atom stereocenters. The zero-order chi connectivity index (χ0) is 15.1. The van der Waals surface area contributed by atoms with E-state index in [9.17, 15) is 9.59 Å². The van der Waals surface area contributed by atoms with Crippen LogP contribution in [0.1, 0.15) is 13.8 Å². The summed E-state index contributed by atoms with van der Waals surface area (Å²) in [5.74, 6) is -0.0886. The molecule has 0 fully saturated rings. The molecule has 110 valence electrons. The van der Waals surface area contributed by atoms with E-state index in [2.05, 4.69) is 26.6 Å². The van der Waals surface area contributed by atoms with Crippen molar-refractivity contribution in [1.29, 1.82) is 0 Å². The van der Waals surface area contributed by atoms with Crippen LogP contribution in [-0.4, -0.2) is 31.0 Å². The Hall–Kier alpha value is -1.27. The molecule has 7 heteroatoms. The highest BCUT2D eigenvalue weighted by Crippen LogP contribution is 2.27. The summed E-state index contributed by atoms with van der Waals surface area (Å²) in [5, 5.41) is 5.74. The van der Waals surface area contributed by atoms with Crippen LogP contribution in [-0.2, 0) is 9.59 Å². The van der Waals surface area contributed by atoms with Crippen LogP contribution in [0, 0.1) is 0 Å². The molecule has 2 amide bonds. The third-order valence-electron chi connectivity index (χ3n) is 2.37. The van der Waals surface area contributed by atoms with Gasteiger partial charge >= 0.3 is 0 Å². The molecule has 1 aromatic rings. The summed E-state index contributed by atoms with van der Waals surface area (Å²) in [5.41, 5.74) is 0. The fourth-order valence-electron chi connectivity index (χ4n) is 1.41. The molecule has 20 heavy (non-hydrogen) atoms. The second-order valence-electron chi connectivity index (χ2n) is 4.05. The average Bonchev–Trinajstić information content (AvgIpc) is 2.37. The van der Waals surface area contributed by atoms with Gasteiger partial charge in [-0.05, 0) is 48.0 Å². The van der Waals surface area contributed by atoms with Gasteiger partial charge in [-0.1, -0.05) is 11.6 Å². The minimum atomic E-state index is -0.597. The number of rotatable bonds is 6. The SMILES string of the molecule is CCNC(=O)[C@H](C)NC(=O)COc1ccc(Cl)cc1Br. The van der Waals surface area contributed by atoms with Crippen LogP contribution >= 0.6 is 27.5 Å². The number of carbonyl (C=O) groups excluding carboxylic acids is 2. The quantitative estimate of drug-likeness (QED) is 0.813. The van der Waals surface area contributed by atoms with Crippen molar-refractivity contribution in [2.45, 2.75) is 19.9 Å². The van der Waals surface area contributed by atoms with E-state index in [4.69, 9.17) is 16.3 Å². The highest BCUT2D eigenvalue weighted by Gasteiger charge is 2.15. The number of amides is 2. The Morgan fingerprint density at radius 2 is 2.15 bits per heavy atom. The monoisotopic (exact) mass is 362 g/mol. The molecule has 0 bridgehead atoms. The highest BCUT2D eigenvalue weighted by atomic mass is 79.9. The lowest BCUT2D eigenvalue weighted by atomic mass is 10.3. The fourth-order valence-corrected chi connectivity index (χ4v) is 2.21. The van der Waals surface area contributed by atoms with Crippen LogP contribution < -0.4 is 15.4 Å². The normalized spacial score (nSPS) is 11.6. The Bertz CT molecular complexity index is 497. The van der Waals surface area contributed by atoms with Gasteiger partial charge in [0.2, 0.25) is 5.91 Å². The van der Waals surface area contributed by atoms with Crippen molar-refractivity contribution in [2.75, 3.05) is 13.2 Å². The Morgan fingerprint density at radius 3 is 2.75 bits per heavy atom. The van der Waals surface area contributed by atoms with E-state index in [1.54, 1.807) is 25.1 Å². The lowest BCUT2D eigenvalue weighted by molar-refractivity contribution is -0.129. The summed E-state index contributed by atoms with van der Waals surface area (Å²) in [7, 11) is 0. The average molecular weight is 364 g/mol. The molecule has 1 atom stereocenters. The maximum absolute atomic E-state index is 11.7. The molecule has 0 heterocycles. The van der Waals surface area contributed by atoms with Crippen molar-refractivity contribution < 1.29 is 14.3 Å². The Labute approximate surface area is 131 Å². The molecule has 0 aliphatic rings. The predicted molar refractivity (Wildman–Crippen MR) is 80.9 cm³/mol. The summed E-state index contributed by atoms with van der Waals surface area (Å²) in [4.78, 5) is 23.1. The van der Waals surface area contributed by atoms with Crippen LogP contribution in [0.15, 0.2) is 22.7 Å². The summed E-state index contributed by atoms with van der Waals surface area (Å²) in [6, 6.07) is 4.40. The third-order valence-corrected chi connectivity index (χ3v) is 3.23. The summed E-state index contributed by atoms with van der Waals surface area (Å²) >= 11 is 9.09. The van der Waals surface area contributed by atoms with E-state index in [0.717, 1.165) is 0 Å². The molecule has 0 spiro atoms. The Balaban J connectivity index is 2.45. The molecule has 2 N–H and O–H groups in total. The van der Waals surface area contributed by atoms with Crippen molar-refractivity contribution in [2.24, 2.45) is 0 Å². The van der Waals surface area contributed by atoms with Gasteiger partial charge in [0.15, 0.2) is 6.61 Å². The molecule has 0 aliphatic heterocycles. The lowest BCUT2D eigenvalue weighted by Crippen LogP contribution is -2.46. The predicted octanol–water partition coefficient (Wildman–Crippen LogP) is 2.12. The topological polar surface area (TPSA) is 67.4 Å². The lowest BCUT2D eigenvalue weighted by Gasteiger charge is -2.14. The first-order valence-electron chi connectivity index (χ1n) is 6.09. The second kappa shape index (κ2) is 8.11. The Morgan fingerprint density at radius 1 is 1.45 bits per heavy atom. The van der Waals surface area contributed by atoms with Crippen molar-refractivity contribution >= 4 is 39.3 Å². The maximum Gasteiger partial charge on any atom is 0.258 e. The van der Waals surface area contributed by atoms with Crippen molar-refractivity contribution in [3.05, 3.63) is 27.7 Å². The third kappa shape index (κ3) is 5.38. The minimum absolute atomic E-state index is 0.177. The maximum atomic E-state index is 11.7. The number of hydrogen-bond donors (Lipinski definition) is 2. The second-order valence-corrected chi connectivity index (χ2v) is 5.34. The molecule has 0 saturated heterocycles. The van der Waals surface area contributed by atoms with Crippen LogP contribution in [0.3, 0.4) is 0 Å². The molecule has 5 nitrogen and oxygen atoms in total. The van der Waals surface area contributed by atoms with Gasteiger partial charge in [-0.15, -0.1) is 0 Å². The van der Waals surface area contributed by atoms with Gasteiger partial charge in [-0.2, -0.15) is 0 Å². The van der Waals surface area contributed by atoms with Gasteiger partial charge < -0.3 is 15.4 Å². The largest absolute Gasteiger partial charge is 0.483 e. The number of halogens is 2. The van der Waals surface area contributed by atoms with Crippen molar-refractivity contribution in [1.82, 2.24) is 10.6 Å². The van der Waals surface area contributed by atoms with Gasteiger partial charge in [0, 0.05) is 11.6 Å². The fraction of sp³-hybridized carbons (Fsp3) is 0.385. The number of carbonyl (C=O) groups is 2. The molecule has 0 saturated carbocycles. The zero-order valence-electron chi connectivity index (χ0n) is 11.2. The standard InChI is InChI=1S/C13H16BrClN2O3/c1-3-16-13(19)8(2)17-12(18)7-20-11-5-4-9(15)6-10(11)14/h4-6,8H,3,7H2,1-2H3,(H,16,19)(H,17,18)/t8-/m0/s1. The van der Waals surface area contributed by atoms with E-state index in [1.807, 2.05) is 6.92 Å². The van der Waals surface area contributed by atoms with Gasteiger partial charge in [0.1, 0.15) is 11.8 Å². The molecular weight excluding hydrogens is 348 g/mol. The molecule has 1 rings (SSSR count). The molecule has 0 aliphatic carbocycles. The smallest absolute Gasteiger partial charge is 0.258 e. The molecular formula is C13H16BrClN2O3. The van der Waals surface area contributed by atoms with Gasteiger partial charge in [-0.3, -0.25) is 9.59 Å². The molecule has 0 aromatic heterocycles. The summed E-state index contributed by atoms with van der Waals surface area (Å²) < 4.78 is 6.01. The Kier molecular flexibility index (Phi) is 6.81. The van der Waals surface area contributed by atoms with Crippen molar-refractivity contribution in [3.63, 3.8) is 0 Å². The van der Waals surface area contributed by atoms with Crippen LogP contribution in [0.5, 0.6) is 5.75 Å². The summed E-state index contributed by atoms with van der Waals surface area (Å²) in [6.45, 7) is 3.77. The zero-order valence-corrected chi connectivity index (χ0v) is 13.5.